The fraction of sp³-hybridized carbons (Fsp3) is 0.0833. The number of fused-ring (bicyclic) bond motifs is 3. The van der Waals surface area contributed by atoms with Gasteiger partial charge in [0.15, 0.2) is 11.6 Å². The van der Waals surface area contributed by atoms with Crippen molar-refractivity contribution >= 4 is 11.3 Å². The van der Waals surface area contributed by atoms with E-state index >= 15 is 0 Å². The van der Waals surface area contributed by atoms with Crippen LogP contribution in [0.5, 0.6) is 5.75 Å². The third-order valence-electron chi connectivity index (χ3n) is 5.44. The van der Waals surface area contributed by atoms with Crippen LogP contribution in [-0.4, -0.2) is 31.3 Å². The molecule has 6 nitrogen and oxygen atoms in total. The molecule has 34 heavy (non-hydrogen) atoms. The maximum absolute atomic E-state index is 14.4. The van der Waals surface area contributed by atoms with Gasteiger partial charge in [-0.15, -0.1) is 11.3 Å². The van der Waals surface area contributed by atoms with Gasteiger partial charge in [-0.05, 0) is 42.5 Å². The SMILES string of the molecule is Fc1ccc(-n2ncnc2-c2cc3c(s2)CCOc2ccc(-c4ccc(F)nc4)nc2-3)c(F)c1. The predicted octanol–water partition coefficient (Wildman–Crippen LogP) is 5.47. The fourth-order valence-corrected chi connectivity index (χ4v) is 4.99. The molecule has 0 N–H and O–H groups in total. The van der Waals surface area contributed by atoms with E-state index in [0.29, 0.717) is 41.6 Å². The Kier molecular flexibility index (Phi) is 4.88. The Morgan fingerprint density at radius 1 is 0.971 bits per heavy atom. The van der Waals surface area contributed by atoms with Crippen LogP contribution in [0.1, 0.15) is 4.88 Å². The summed E-state index contributed by atoms with van der Waals surface area (Å²) in [6, 6.07) is 11.8. The highest BCUT2D eigenvalue weighted by atomic mass is 32.1. The highest BCUT2D eigenvalue weighted by molar-refractivity contribution is 7.16. The summed E-state index contributed by atoms with van der Waals surface area (Å²) in [6.07, 6.45) is 3.42. The second-order valence-electron chi connectivity index (χ2n) is 7.55. The van der Waals surface area contributed by atoms with E-state index in [-0.39, 0.29) is 5.69 Å². The second-order valence-corrected chi connectivity index (χ2v) is 8.69. The van der Waals surface area contributed by atoms with E-state index in [0.717, 1.165) is 21.4 Å². The molecule has 0 unspecified atom stereocenters. The van der Waals surface area contributed by atoms with Crippen LogP contribution in [0.15, 0.2) is 61.1 Å². The van der Waals surface area contributed by atoms with Gasteiger partial charge < -0.3 is 4.74 Å². The minimum Gasteiger partial charge on any atom is -0.491 e. The van der Waals surface area contributed by atoms with Crippen molar-refractivity contribution in [1.29, 1.82) is 0 Å². The molecule has 0 amide bonds. The Balaban J connectivity index is 1.46. The van der Waals surface area contributed by atoms with Gasteiger partial charge in [-0.25, -0.2) is 28.4 Å². The summed E-state index contributed by atoms with van der Waals surface area (Å²) >= 11 is 1.49. The van der Waals surface area contributed by atoms with Crippen molar-refractivity contribution in [3.8, 4) is 44.7 Å². The highest BCUT2D eigenvalue weighted by Gasteiger charge is 2.24. The molecule has 0 bridgehead atoms. The van der Waals surface area contributed by atoms with E-state index in [9.17, 15) is 13.2 Å². The fourth-order valence-electron chi connectivity index (χ4n) is 3.86. The molecule has 5 heterocycles. The number of aromatic nitrogens is 5. The summed E-state index contributed by atoms with van der Waals surface area (Å²) in [5, 5.41) is 4.16. The van der Waals surface area contributed by atoms with Crippen LogP contribution < -0.4 is 4.74 Å². The first kappa shape index (κ1) is 20.5. The molecule has 5 aromatic rings. The smallest absolute Gasteiger partial charge is 0.212 e. The molecular weight excluding hydrogens is 463 g/mol. The molecule has 0 atom stereocenters. The maximum atomic E-state index is 14.4. The van der Waals surface area contributed by atoms with Gasteiger partial charge in [0, 0.05) is 34.7 Å². The molecule has 0 aliphatic carbocycles. The van der Waals surface area contributed by atoms with Crippen LogP contribution in [-0.2, 0) is 6.42 Å². The quantitative estimate of drug-likeness (QED) is 0.322. The summed E-state index contributed by atoms with van der Waals surface area (Å²) in [4.78, 5) is 14.6. The van der Waals surface area contributed by atoms with Gasteiger partial charge in [0.25, 0.3) is 0 Å². The zero-order valence-corrected chi connectivity index (χ0v) is 18.2. The van der Waals surface area contributed by atoms with Crippen LogP contribution in [0, 0.1) is 17.6 Å². The van der Waals surface area contributed by atoms with Gasteiger partial charge >= 0.3 is 0 Å². The van der Waals surface area contributed by atoms with Crippen LogP contribution in [0.3, 0.4) is 0 Å². The summed E-state index contributed by atoms with van der Waals surface area (Å²) in [6.45, 7) is 0.471. The molecule has 6 rings (SSSR count). The van der Waals surface area contributed by atoms with Gasteiger partial charge in [-0.1, -0.05) is 0 Å². The predicted molar refractivity (Wildman–Crippen MR) is 120 cm³/mol. The molecule has 10 heteroatoms. The Hall–Kier alpha value is -4.05. The molecule has 0 saturated carbocycles. The van der Waals surface area contributed by atoms with E-state index in [1.165, 1.54) is 46.7 Å². The average Bonchev–Trinajstić information content (AvgIpc) is 3.44. The molecule has 1 aliphatic rings. The average molecular weight is 477 g/mol. The van der Waals surface area contributed by atoms with Crippen molar-refractivity contribution in [1.82, 2.24) is 24.7 Å². The van der Waals surface area contributed by atoms with E-state index in [4.69, 9.17) is 9.72 Å². The van der Waals surface area contributed by atoms with Crippen LogP contribution in [0.4, 0.5) is 13.2 Å². The van der Waals surface area contributed by atoms with Crippen LogP contribution in [0.2, 0.25) is 0 Å². The maximum Gasteiger partial charge on any atom is 0.212 e. The number of hydrogen-bond donors (Lipinski definition) is 0. The Labute approximate surface area is 195 Å². The van der Waals surface area contributed by atoms with Crippen molar-refractivity contribution in [3.05, 3.63) is 83.5 Å². The highest BCUT2D eigenvalue weighted by Crippen LogP contribution is 2.42. The van der Waals surface area contributed by atoms with Crippen molar-refractivity contribution < 1.29 is 17.9 Å². The molecule has 0 saturated heterocycles. The van der Waals surface area contributed by atoms with Gasteiger partial charge in [0.2, 0.25) is 5.95 Å². The number of nitrogens with zero attached hydrogens (tertiary/aromatic N) is 5. The molecular formula is C24H14F3N5OS. The first-order valence-electron chi connectivity index (χ1n) is 10.3. The summed E-state index contributed by atoms with van der Waals surface area (Å²) in [7, 11) is 0. The normalized spacial score (nSPS) is 12.6. The first-order chi connectivity index (χ1) is 16.6. The zero-order chi connectivity index (χ0) is 23.2. The van der Waals surface area contributed by atoms with Crippen LogP contribution >= 0.6 is 11.3 Å². The third-order valence-corrected chi connectivity index (χ3v) is 6.63. The van der Waals surface area contributed by atoms with E-state index in [1.54, 1.807) is 12.1 Å². The summed E-state index contributed by atoms with van der Waals surface area (Å²) in [5.41, 5.74) is 2.93. The monoisotopic (exact) mass is 477 g/mol. The molecule has 168 valence electrons. The lowest BCUT2D eigenvalue weighted by atomic mass is 10.1. The van der Waals surface area contributed by atoms with Gasteiger partial charge in [0.1, 0.15) is 29.3 Å². The van der Waals surface area contributed by atoms with Crippen LogP contribution in [0.25, 0.3) is 38.9 Å². The Morgan fingerprint density at radius 3 is 2.71 bits per heavy atom. The minimum atomic E-state index is -0.733. The molecule has 4 aromatic heterocycles. The zero-order valence-electron chi connectivity index (χ0n) is 17.4. The van der Waals surface area contributed by atoms with Crippen molar-refractivity contribution in [2.24, 2.45) is 0 Å². The van der Waals surface area contributed by atoms with Gasteiger partial charge in [-0.2, -0.15) is 9.49 Å². The first-order valence-corrected chi connectivity index (χ1v) is 11.1. The second kappa shape index (κ2) is 8.07. The largest absolute Gasteiger partial charge is 0.491 e. The van der Waals surface area contributed by atoms with Crippen molar-refractivity contribution in [3.63, 3.8) is 0 Å². The topological polar surface area (TPSA) is 65.7 Å². The van der Waals surface area contributed by atoms with Gasteiger partial charge in [-0.3, -0.25) is 0 Å². The Morgan fingerprint density at radius 2 is 1.88 bits per heavy atom. The summed E-state index contributed by atoms with van der Waals surface area (Å²) in [5.74, 6) is -0.894. The molecule has 1 aliphatic heterocycles. The minimum absolute atomic E-state index is 0.102. The van der Waals surface area contributed by atoms with E-state index in [2.05, 4.69) is 15.1 Å². The number of hydrogen-bond acceptors (Lipinski definition) is 6. The standard InChI is InChI=1S/C24H14F3N5OS/c25-14-2-4-18(16(26)9-14)32-24(29-12-30-32)21-10-15-20(34-21)7-8-33-19-5-3-17(31-23(15)19)13-1-6-22(27)28-11-13/h1-6,9-12H,7-8H2. The molecule has 0 fully saturated rings. The lowest BCUT2D eigenvalue weighted by molar-refractivity contribution is 0.326. The Bertz CT molecular complexity index is 1530. The lowest BCUT2D eigenvalue weighted by Gasteiger charge is -2.09. The van der Waals surface area contributed by atoms with Crippen molar-refractivity contribution in [2.45, 2.75) is 6.42 Å². The number of rotatable bonds is 3. The number of ether oxygens (including phenoxy) is 1. The molecule has 0 radical (unpaired) electrons. The molecule has 1 aromatic carbocycles. The van der Waals surface area contributed by atoms with Gasteiger partial charge in [0.05, 0.1) is 17.2 Å². The number of benzene rings is 1. The molecule has 0 spiro atoms. The van der Waals surface area contributed by atoms with E-state index < -0.39 is 17.6 Å². The van der Waals surface area contributed by atoms with Crippen molar-refractivity contribution in [2.75, 3.05) is 6.61 Å². The number of pyridine rings is 2. The number of thiophene rings is 1. The lowest BCUT2D eigenvalue weighted by Crippen LogP contribution is -2.02. The summed E-state index contributed by atoms with van der Waals surface area (Å²) < 4.78 is 48.3. The third kappa shape index (κ3) is 3.52. The van der Waals surface area contributed by atoms with E-state index in [1.807, 2.05) is 12.1 Å². The number of halogens is 3.